The van der Waals surface area contributed by atoms with Gasteiger partial charge in [-0.1, -0.05) is 11.6 Å². The molecule has 0 atom stereocenters. The van der Waals surface area contributed by atoms with Gasteiger partial charge in [-0.05, 0) is 23.4 Å². The predicted molar refractivity (Wildman–Crippen MR) is 98.3 cm³/mol. The molecule has 1 aliphatic heterocycles. The molecular weight excluding hydrogens is 422 g/mol. The Morgan fingerprint density at radius 2 is 1.96 bits per heavy atom. The maximum atomic E-state index is 12.3. The van der Waals surface area contributed by atoms with Crippen molar-refractivity contribution in [2.45, 2.75) is 11.3 Å². The fourth-order valence-corrected chi connectivity index (χ4v) is 4.15. The molecule has 2 rings (SSSR count). The van der Waals surface area contributed by atoms with E-state index in [1.54, 1.807) is 0 Å². The van der Waals surface area contributed by atoms with Crippen molar-refractivity contribution in [2.75, 3.05) is 18.6 Å². The van der Waals surface area contributed by atoms with Crippen LogP contribution in [0.1, 0.15) is 12.0 Å². The second kappa shape index (κ2) is 7.74. The minimum atomic E-state index is -4.35. The molecule has 1 aromatic rings. The zero-order chi connectivity index (χ0) is 20.4. The van der Waals surface area contributed by atoms with Gasteiger partial charge in [-0.25, -0.2) is 8.42 Å². The van der Waals surface area contributed by atoms with Crippen LogP contribution >= 0.6 is 11.6 Å². The van der Waals surface area contributed by atoms with Gasteiger partial charge >= 0.3 is 10.1 Å². The van der Waals surface area contributed by atoms with Gasteiger partial charge in [0.1, 0.15) is 10.6 Å². The number of ketones is 1. The van der Waals surface area contributed by atoms with Crippen LogP contribution in [-0.2, 0) is 29.0 Å². The first-order valence-corrected chi connectivity index (χ1v) is 11.1. The van der Waals surface area contributed by atoms with Gasteiger partial charge in [0, 0.05) is 28.8 Å². The second-order valence-electron chi connectivity index (χ2n) is 5.58. The lowest BCUT2D eigenvalue weighted by Gasteiger charge is -2.11. The molecule has 13 heteroatoms. The highest BCUT2D eigenvalue weighted by molar-refractivity contribution is 7.90. The van der Waals surface area contributed by atoms with Crippen LogP contribution in [0.5, 0.6) is 5.75 Å². The summed E-state index contributed by atoms with van der Waals surface area (Å²) in [5.74, 6) is -2.36. The molecule has 0 aromatic heterocycles. The monoisotopic (exact) mass is 437 g/mol. The van der Waals surface area contributed by atoms with Gasteiger partial charge in [-0.2, -0.15) is 8.42 Å². The first kappa shape index (κ1) is 21.0. The molecule has 0 fully saturated rings. The van der Waals surface area contributed by atoms with Crippen LogP contribution in [0.4, 0.5) is 0 Å². The Bertz CT molecular complexity index is 1040. The van der Waals surface area contributed by atoms with E-state index in [1.165, 1.54) is 18.2 Å². The van der Waals surface area contributed by atoms with Crippen LogP contribution in [0.2, 0.25) is 5.02 Å². The van der Waals surface area contributed by atoms with Crippen LogP contribution in [0.25, 0.3) is 6.08 Å². The summed E-state index contributed by atoms with van der Waals surface area (Å²) in [5.41, 5.74) is 10.3. The third kappa shape index (κ3) is 5.58. The van der Waals surface area contributed by atoms with E-state index in [-0.39, 0.29) is 39.8 Å². The first-order chi connectivity index (χ1) is 12.4. The van der Waals surface area contributed by atoms with E-state index < -0.39 is 37.5 Å². The standard InChI is InChI=1S/C14H16ClN3O7S2/c1-26(20,21)12-6-10(15)5-9-4-8(2-3-24-13(9)12)11(19)7-27(22,23)25-18-14(16)17/h4-6H,2-3,7H2,1H3,(H4,16,17,18). The number of guanidine groups is 1. The Morgan fingerprint density at radius 1 is 1.30 bits per heavy atom. The quantitative estimate of drug-likeness (QED) is 0.353. The zero-order valence-electron chi connectivity index (χ0n) is 14.0. The zero-order valence-corrected chi connectivity index (χ0v) is 16.4. The molecule has 0 amide bonds. The molecule has 0 radical (unpaired) electrons. The first-order valence-electron chi connectivity index (χ1n) is 7.29. The summed E-state index contributed by atoms with van der Waals surface area (Å²) >= 11 is 5.96. The summed E-state index contributed by atoms with van der Waals surface area (Å²) in [5, 5.41) is 3.02. The number of carbonyl (C=O) groups is 1. The van der Waals surface area contributed by atoms with Crippen molar-refractivity contribution in [1.82, 2.24) is 0 Å². The van der Waals surface area contributed by atoms with Gasteiger partial charge in [-0.15, -0.1) is 0 Å². The molecule has 0 spiro atoms. The van der Waals surface area contributed by atoms with Crippen LogP contribution in [-0.4, -0.2) is 47.2 Å². The third-order valence-corrected chi connectivity index (χ3v) is 5.56. The number of sulfone groups is 1. The maximum Gasteiger partial charge on any atom is 0.336 e. The number of halogens is 1. The second-order valence-corrected chi connectivity index (χ2v) is 9.55. The van der Waals surface area contributed by atoms with Crippen molar-refractivity contribution in [3.8, 4) is 5.75 Å². The van der Waals surface area contributed by atoms with Gasteiger partial charge in [0.15, 0.2) is 21.4 Å². The molecule has 0 unspecified atom stereocenters. The van der Waals surface area contributed by atoms with Gasteiger partial charge in [-0.3, -0.25) is 9.08 Å². The van der Waals surface area contributed by atoms with E-state index in [9.17, 15) is 21.6 Å². The lowest BCUT2D eigenvalue weighted by atomic mass is 10.1. The number of nitrogens with zero attached hydrogens (tertiary/aromatic N) is 1. The number of hydrogen-bond donors (Lipinski definition) is 2. The van der Waals surface area contributed by atoms with Crippen molar-refractivity contribution in [3.05, 3.63) is 28.3 Å². The van der Waals surface area contributed by atoms with E-state index in [0.717, 1.165) is 6.26 Å². The van der Waals surface area contributed by atoms with Gasteiger partial charge in [0.2, 0.25) is 5.96 Å². The van der Waals surface area contributed by atoms with Crippen LogP contribution < -0.4 is 16.2 Å². The summed E-state index contributed by atoms with van der Waals surface area (Å²) in [7, 11) is -8.00. The number of hydrogen-bond acceptors (Lipinski definition) is 8. The van der Waals surface area contributed by atoms with Gasteiger partial charge in [0.05, 0.1) is 6.61 Å². The number of fused-ring (bicyclic) bond motifs is 1. The Kier molecular flexibility index (Phi) is 6.02. The van der Waals surface area contributed by atoms with Crippen molar-refractivity contribution in [2.24, 2.45) is 16.6 Å². The van der Waals surface area contributed by atoms with Crippen molar-refractivity contribution < 1.29 is 30.7 Å². The average Bonchev–Trinajstić information content (AvgIpc) is 2.73. The number of carbonyl (C=O) groups excluding carboxylic acids is 1. The number of nitrogens with two attached hydrogens (primary N) is 2. The van der Waals surface area contributed by atoms with Crippen molar-refractivity contribution >= 4 is 49.4 Å². The number of Topliss-reactive ketones (excluding diaryl/α,β-unsaturated/α-hetero) is 1. The summed E-state index contributed by atoms with van der Waals surface area (Å²) in [4.78, 5) is 12.2. The molecule has 10 nitrogen and oxygen atoms in total. The maximum absolute atomic E-state index is 12.3. The van der Waals surface area contributed by atoms with E-state index in [0.29, 0.717) is 0 Å². The molecule has 0 bridgehead atoms. The number of rotatable bonds is 6. The highest BCUT2D eigenvalue weighted by atomic mass is 35.5. The van der Waals surface area contributed by atoms with E-state index >= 15 is 0 Å². The summed E-state index contributed by atoms with van der Waals surface area (Å²) in [6.07, 6.45) is 2.38. The largest absolute Gasteiger partial charge is 0.491 e. The summed E-state index contributed by atoms with van der Waals surface area (Å²) < 4.78 is 57.0. The molecule has 1 heterocycles. The molecule has 0 aliphatic carbocycles. The molecule has 148 valence electrons. The van der Waals surface area contributed by atoms with Crippen molar-refractivity contribution in [3.63, 3.8) is 0 Å². The third-order valence-electron chi connectivity index (χ3n) is 3.32. The van der Waals surface area contributed by atoms with Crippen LogP contribution in [0, 0.1) is 0 Å². The smallest absolute Gasteiger partial charge is 0.336 e. The minimum Gasteiger partial charge on any atom is -0.491 e. The summed E-state index contributed by atoms with van der Waals surface area (Å²) in [6.45, 7) is -0.0382. The van der Waals surface area contributed by atoms with E-state index in [2.05, 4.69) is 9.44 Å². The Labute approximate surface area is 160 Å². The average molecular weight is 438 g/mol. The van der Waals surface area contributed by atoms with E-state index in [1.807, 2.05) is 0 Å². The molecule has 4 N–H and O–H groups in total. The SMILES string of the molecule is CS(=O)(=O)c1cc(Cl)cc2c1OCCC(C(=O)CS(=O)(=O)ON=C(N)N)=C2. The topological polar surface area (TPSA) is 168 Å². The Morgan fingerprint density at radius 3 is 2.56 bits per heavy atom. The molecule has 1 aromatic carbocycles. The minimum absolute atomic E-state index is 0.0382. The summed E-state index contributed by atoms with van der Waals surface area (Å²) in [6, 6.07) is 2.65. The van der Waals surface area contributed by atoms with Crippen LogP contribution in [0.3, 0.4) is 0 Å². The molecule has 1 aliphatic rings. The molecule has 0 saturated carbocycles. The van der Waals surface area contributed by atoms with E-state index in [4.69, 9.17) is 27.8 Å². The Hall–Kier alpha value is -2.31. The number of benzene rings is 1. The lowest BCUT2D eigenvalue weighted by molar-refractivity contribution is -0.113. The highest BCUT2D eigenvalue weighted by Crippen LogP contribution is 2.35. The lowest BCUT2D eigenvalue weighted by Crippen LogP contribution is -2.25. The predicted octanol–water partition coefficient (Wildman–Crippen LogP) is 0.0133. The molecule has 27 heavy (non-hydrogen) atoms. The Balaban J connectivity index is 2.40. The van der Waals surface area contributed by atoms with Crippen LogP contribution in [0.15, 0.2) is 27.8 Å². The van der Waals surface area contributed by atoms with Gasteiger partial charge in [0.25, 0.3) is 0 Å². The number of oxime groups is 1. The normalized spacial score (nSPS) is 14.2. The van der Waals surface area contributed by atoms with Crippen molar-refractivity contribution in [1.29, 1.82) is 0 Å². The van der Waals surface area contributed by atoms with Gasteiger partial charge < -0.3 is 16.2 Å². The highest BCUT2D eigenvalue weighted by Gasteiger charge is 2.26. The number of ether oxygens (including phenoxy) is 1. The fourth-order valence-electron chi connectivity index (χ4n) is 2.25. The molecular formula is C14H16ClN3O7S2. The molecule has 0 saturated heterocycles. The fraction of sp³-hybridized carbons (Fsp3) is 0.286.